The van der Waals surface area contributed by atoms with Crippen molar-refractivity contribution >= 4 is 48.2 Å². The summed E-state index contributed by atoms with van der Waals surface area (Å²) < 4.78 is 24.9. The second-order valence-corrected chi connectivity index (χ2v) is 8.45. The molecule has 0 heterocycles. The summed E-state index contributed by atoms with van der Waals surface area (Å²) in [6.45, 7) is 1.84. The first-order valence-electron chi connectivity index (χ1n) is 7.89. The van der Waals surface area contributed by atoms with Crippen molar-refractivity contribution in [2.45, 2.75) is 6.92 Å². The van der Waals surface area contributed by atoms with E-state index in [2.05, 4.69) is 5.09 Å². The van der Waals surface area contributed by atoms with Gasteiger partial charge in [-0.1, -0.05) is 65.1 Å². The highest BCUT2D eigenvalue weighted by atomic mass is 35.5. The molecule has 3 aromatic rings. The first-order chi connectivity index (χ1) is 12.9. The molecule has 0 spiro atoms. The van der Waals surface area contributed by atoms with E-state index in [-0.39, 0.29) is 11.5 Å². The van der Waals surface area contributed by atoms with E-state index >= 15 is 0 Å². The van der Waals surface area contributed by atoms with Gasteiger partial charge in [-0.2, -0.15) is 0 Å². The number of halogens is 3. The van der Waals surface area contributed by atoms with Crippen molar-refractivity contribution in [1.82, 2.24) is 0 Å². The van der Waals surface area contributed by atoms with Crippen LogP contribution >= 0.6 is 42.5 Å². The highest BCUT2D eigenvalue weighted by Crippen LogP contribution is 2.51. The largest absolute Gasteiger partial charge is 0.541 e. The van der Waals surface area contributed by atoms with Crippen molar-refractivity contribution in [3.8, 4) is 11.5 Å². The maximum absolute atomic E-state index is 13.6. The molecule has 0 saturated carbocycles. The summed E-state index contributed by atoms with van der Waals surface area (Å²) >= 11 is 18.4. The second kappa shape index (κ2) is 8.45. The maximum Gasteiger partial charge on any atom is 0.541 e. The molecule has 0 unspecified atom stereocenters. The molecule has 0 fully saturated rings. The van der Waals surface area contributed by atoms with Gasteiger partial charge < -0.3 is 9.05 Å². The summed E-state index contributed by atoms with van der Waals surface area (Å²) in [5.74, 6) is 0.420. The van der Waals surface area contributed by atoms with Gasteiger partial charge in [-0.15, -0.1) is 0 Å². The van der Waals surface area contributed by atoms with Crippen LogP contribution < -0.4 is 14.1 Å². The minimum atomic E-state index is -3.96. The normalized spacial score (nSPS) is 11.1. The topological polar surface area (TPSA) is 47.6 Å². The Morgan fingerprint density at radius 3 is 1.85 bits per heavy atom. The molecule has 0 amide bonds. The number of nitrogens with one attached hydrogen (secondary N) is 1. The van der Waals surface area contributed by atoms with Crippen LogP contribution in [-0.4, -0.2) is 0 Å². The summed E-state index contributed by atoms with van der Waals surface area (Å²) in [5, 5.41) is 3.90. The van der Waals surface area contributed by atoms with Crippen LogP contribution in [0.5, 0.6) is 11.5 Å². The van der Waals surface area contributed by atoms with Crippen LogP contribution in [0.1, 0.15) is 5.56 Å². The molecule has 8 heteroatoms. The van der Waals surface area contributed by atoms with Crippen molar-refractivity contribution < 1.29 is 13.6 Å². The minimum absolute atomic E-state index is 0.210. The molecule has 0 aliphatic heterocycles. The molecule has 3 rings (SSSR count). The third-order valence-electron chi connectivity index (χ3n) is 3.57. The molecule has 0 saturated heterocycles. The Morgan fingerprint density at radius 2 is 1.33 bits per heavy atom. The molecule has 3 aromatic carbocycles. The van der Waals surface area contributed by atoms with Gasteiger partial charge in [0.15, 0.2) is 11.5 Å². The summed E-state index contributed by atoms with van der Waals surface area (Å²) in [5.41, 5.74) is 1.31. The van der Waals surface area contributed by atoms with E-state index in [1.54, 1.807) is 66.7 Å². The van der Waals surface area contributed by atoms with Gasteiger partial charge in [-0.05, 0) is 48.9 Å². The van der Waals surface area contributed by atoms with Crippen LogP contribution in [0, 0.1) is 6.92 Å². The zero-order valence-electron chi connectivity index (χ0n) is 14.2. The molecule has 1 N–H and O–H groups in total. The van der Waals surface area contributed by atoms with Gasteiger partial charge in [-0.3, -0.25) is 5.09 Å². The van der Waals surface area contributed by atoms with E-state index in [1.807, 2.05) is 6.92 Å². The van der Waals surface area contributed by atoms with Crippen molar-refractivity contribution in [1.29, 1.82) is 0 Å². The molecule has 0 bridgehead atoms. The zero-order chi connectivity index (χ0) is 19.4. The molecular weight excluding hydrogens is 428 g/mol. The molecule has 0 aromatic heterocycles. The second-order valence-electron chi connectivity index (χ2n) is 5.61. The van der Waals surface area contributed by atoms with Crippen molar-refractivity contribution in [3.63, 3.8) is 0 Å². The van der Waals surface area contributed by atoms with Gasteiger partial charge in [0.1, 0.15) is 0 Å². The van der Waals surface area contributed by atoms with E-state index < -0.39 is 7.75 Å². The van der Waals surface area contributed by atoms with E-state index in [4.69, 9.17) is 43.9 Å². The van der Waals surface area contributed by atoms with Gasteiger partial charge in [0.2, 0.25) is 0 Å². The summed E-state index contributed by atoms with van der Waals surface area (Å²) in [4.78, 5) is 0. The zero-order valence-corrected chi connectivity index (χ0v) is 17.3. The quantitative estimate of drug-likeness (QED) is 0.399. The molecule has 0 radical (unpaired) electrons. The summed E-state index contributed by atoms with van der Waals surface area (Å²) in [7, 11) is -3.96. The van der Waals surface area contributed by atoms with Gasteiger partial charge >= 0.3 is 7.75 Å². The van der Waals surface area contributed by atoms with Crippen LogP contribution in [0.2, 0.25) is 15.1 Å². The van der Waals surface area contributed by atoms with Crippen LogP contribution in [0.4, 0.5) is 5.69 Å². The summed E-state index contributed by atoms with van der Waals surface area (Å²) in [6.07, 6.45) is 0. The lowest BCUT2D eigenvalue weighted by molar-refractivity contribution is 0.393. The first kappa shape index (κ1) is 19.9. The van der Waals surface area contributed by atoms with Gasteiger partial charge in [0, 0.05) is 10.7 Å². The Labute approximate surface area is 172 Å². The van der Waals surface area contributed by atoms with Crippen molar-refractivity contribution in [2.24, 2.45) is 0 Å². The Balaban J connectivity index is 2.00. The number of hydrogen-bond acceptors (Lipinski definition) is 3. The predicted octanol–water partition coefficient (Wildman–Crippen LogP) is 7.63. The van der Waals surface area contributed by atoms with Crippen molar-refractivity contribution in [3.05, 3.63) is 87.4 Å². The summed E-state index contributed by atoms with van der Waals surface area (Å²) in [6, 6.07) is 18.5. The lowest BCUT2D eigenvalue weighted by Crippen LogP contribution is -2.11. The van der Waals surface area contributed by atoms with Gasteiger partial charge in [0.05, 0.1) is 10.0 Å². The number of benzene rings is 3. The van der Waals surface area contributed by atoms with Gasteiger partial charge in [0.25, 0.3) is 0 Å². The minimum Gasteiger partial charge on any atom is -0.399 e. The smallest absolute Gasteiger partial charge is 0.399 e. The number of aryl methyl sites for hydroxylation is 1. The predicted molar refractivity (Wildman–Crippen MR) is 112 cm³/mol. The monoisotopic (exact) mass is 441 g/mol. The Bertz CT molecular complexity index is 961. The third-order valence-corrected chi connectivity index (χ3v) is 5.82. The van der Waals surface area contributed by atoms with Crippen LogP contribution in [0.25, 0.3) is 0 Å². The average molecular weight is 443 g/mol. The maximum atomic E-state index is 13.6. The standard InChI is InChI=1S/C19H15Cl3NO3P/c1-13-10-11-14(20)12-17(13)23-27(24,25-18-8-4-2-6-15(18)21)26-19-9-5-3-7-16(19)22/h2-12H,1H3,(H,23,24). The highest BCUT2D eigenvalue weighted by molar-refractivity contribution is 7.56. The molecule has 0 aliphatic rings. The molecule has 140 valence electrons. The Kier molecular flexibility index (Phi) is 6.23. The lowest BCUT2D eigenvalue weighted by Gasteiger charge is -2.23. The third kappa shape index (κ3) is 5.12. The van der Waals surface area contributed by atoms with Crippen LogP contribution in [0.3, 0.4) is 0 Å². The Morgan fingerprint density at radius 1 is 0.815 bits per heavy atom. The van der Waals surface area contributed by atoms with E-state index in [0.717, 1.165) is 5.56 Å². The first-order valence-corrected chi connectivity index (χ1v) is 10.6. The highest BCUT2D eigenvalue weighted by Gasteiger charge is 2.31. The van der Waals surface area contributed by atoms with E-state index in [0.29, 0.717) is 20.8 Å². The molecule has 27 heavy (non-hydrogen) atoms. The fourth-order valence-corrected chi connectivity index (χ4v) is 4.35. The number of hydrogen-bond donors (Lipinski definition) is 1. The van der Waals surface area contributed by atoms with Crippen LogP contribution in [0.15, 0.2) is 66.7 Å². The molecule has 0 aliphatic carbocycles. The number of para-hydroxylation sites is 2. The fraction of sp³-hybridized carbons (Fsp3) is 0.0526. The number of anilines is 1. The average Bonchev–Trinajstić information content (AvgIpc) is 2.62. The SMILES string of the molecule is Cc1ccc(Cl)cc1NP(=O)(Oc1ccccc1Cl)Oc1ccccc1Cl. The van der Waals surface area contributed by atoms with E-state index in [1.165, 1.54) is 0 Å². The number of rotatable bonds is 6. The Hall–Kier alpha value is -1.84. The molecule has 4 nitrogen and oxygen atoms in total. The van der Waals surface area contributed by atoms with Crippen molar-refractivity contribution in [2.75, 3.05) is 5.09 Å². The van der Waals surface area contributed by atoms with E-state index in [9.17, 15) is 4.57 Å². The molecular formula is C19H15Cl3NO3P. The fourth-order valence-electron chi connectivity index (χ4n) is 2.22. The lowest BCUT2D eigenvalue weighted by atomic mass is 10.2. The van der Waals surface area contributed by atoms with Gasteiger partial charge in [-0.25, -0.2) is 4.57 Å². The molecule has 0 atom stereocenters. The van der Waals surface area contributed by atoms with Crippen LogP contribution in [-0.2, 0) is 4.57 Å².